The van der Waals surface area contributed by atoms with Gasteiger partial charge in [-0.3, -0.25) is 0 Å². The van der Waals surface area contributed by atoms with Gasteiger partial charge in [0.15, 0.2) is 14.7 Å². The zero-order valence-corrected chi connectivity index (χ0v) is 31.6. The molecule has 7 rings (SSSR count). The minimum atomic E-state index is -3.32. The number of rotatable bonds is 11. The van der Waals surface area contributed by atoms with E-state index >= 15 is 0 Å². The molecule has 0 aliphatic rings. The van der Waals surface area contributed by atoms with Gasteiger partial charge in [0.2, 0.25) is 0 Å². The molecule has 0 bridgehead atoms. The molecule has 0 aliphatic carbocycles. The van der Waals surface area contributed by atoms with E-state index in [1.807, 2.05) is 0 Å². The van der Waals surface area contributed by atoms with Gasteiger partial charge in [-0.2, -0.15) is 6.32 Å². The Kier molecular flexibility index (Phi) is 13.3. The van der Waals surface area contributed by atoms with Gasteiger partial charge in [-0.05, 0) is 97.1 Å². The van der Waals surface area contributed by atoms with E-state index in [0.29, 0.717) is 6.42 Å². The highest BCUT2D eigenvalue weighted by Gasteiger charge is 2.41. The first kappa shape index (κ1) is 39.6. The van der Waals surface area contributed by atoms with Gasteiger partial charge in [0.05, 0.1) is 45.8 Å². The molecule has 0 unspecified atom stereocenters. The van der Waals surface area contributed by atoms with E-state index in [0.717, 1.165) is 54.6 Å². The maximum atomic E-state index is 15.0. The lowest BCUT2D eigenvalue weighted by Crippen LogP contribution is -2.72. The van der Waals surface area contributed by atoms with Gasteiger partial charge >= 0.3 is 0 Å². The second-order valence-corrected chi connectivity index (χ2v) is 16.1. The molecule has 7 aromatic rings. The summed E-state index contributed by atoms with van der Waals surface area (Å²) >= 11 is 1.80. The Morgan fingerprint density at radius 1 is 0.400 bits per heavy atom. The van der Waals surface area contributed by atoms with Gasteiger partial charge in [0.25, 0.3) is 0 Å². The Morgan fingerprint density at radius 2 is 0.727 bits per heavy atom. The predicted molar refractivity (Wildman–Crippen MR) is 215 cm³/mol. The molecule has 0 atom stereocenters. The lowest BCUT2D eigenvalue weighted by atomic mass is 9.13. The van der Waals surface area contributed by atoms with Crippen LogP contribution < -0.4 is 16.4 Å². The summed E-state index contributed by atoms with van der Waals surface area (Å²) in [5.74, 6) is -6.71. The van der Waals surface area contributed by atoms with E-state index in [-0.39, 0.29) is 23.6 Å². The van der Waals surface area contributed by atoms with Crippen LogP contribution in [-0.2, 0) is 10.9 Å². The number of benzene rings is 7. The molecule has 0 nitrogen and oxygen atoms in total. The van der Waals surface area contributed by atoms with Crippen LogP contribution in [0.1, 0.15) is 19.8 Å². The van der Waals surface area contributed by atoms with Crippen molar-refractivity contribution in [1.82, 2.24) is 0 Å². The van der Waals surface area contributed by atoms with Crippen LogP contribution in [0, 0.1) is 34.9 Å². The maximum absolute atomic E-state index is 15.0. The lowest BCUT2D eigenvalue weighted by Gasteiger charge is -2.43. The Hall–Kier alpha value is -5.12. The molecule has 9 heteroatoms. The maximum Gasteiger partial charge on any atom is 0.166 e. The highest BCUT2D eigenvalue weighted by Crippen LogP contribution is 2.34. The largest absolute Gasteiger partial charge is 0.210 e. The smallest absolute Gasteiger partial charge is 0.166 e. The monoisotopic (exact) mass is 778 g/mol. The van der Waals surface area contributed by atoms with Gasteiger partial charge in [0, 0.05) is 9.79 Å². The quantitative estimate of drug-likeness (QED) is 0.0716. The van der Waals surface area contributed by atoms with E-state index in [1.54, 1.807) is 18.7 Å². The topological polar surface area (TPSA) is 0 Å². The summed E-state index contributed by atoms with van der Waals surface area (Å²) in [6, 6.07) is 49.8. The van der Waals surface area contributed by atoms with Crippen molar-refractivity contribution in [2.24, 2.45) is 0 Å². The fraction of sp³-hybridized carbons (Fsp3) is 0.0870. The van der Waals surface area contributed by atoms with E-state index < -0.39 is 57.4 Å². The molecule has 7 aromatic carbocycles. The standard InChI is InChI=1S/C24H19S2.C22H18BF6/c1-4-10-20(11-5-1)25-21-16-18-24(19-17-21)26(22-12-6-2-7-13-22)23-14-8-3-9-15-23;1-2-3-13-23(20-14(24)7-4-8-15(20)25,21-16(26)9-5-10-17(21)27)22-18(28)11-6-12-19(22)29/h1-19H;4-12H,2-3,13H2,1H3/q+1;-1. The second kappa shape index (κ2) is 18.5. The molecule has 278 valence electrons. The fourth-order valence-corrected chi connectivity index (χ4v) is 10.0. The Morgan fingerprint density at radius 3 is 1.09 bits per heavy atom. The van der Waals surface area contributed by atoms with Crippen LogP contribution in [0.4, 0.5) is 26.3 Å². The number of hydrogen-bond acceptors (Lipinski definition) is 1. The van der Waals surface area contributed by atoms with Gasteiger partial charge in [0.1, 0.15) is 6.15 Å². The zero-order chi connectivity index (χ0) is 38.8. The molecule has 0 N–H and O–H groups in total. The minimum absolute atomic E-state index is 0.0786. The average molecular weight is 779 g/mol. The number of hydrogen-bond donors (Lipinski definition) is 0. The fourth-order valence-electron chi connectivity index (χ4n) is 7.11. The van der Waals surface area contributed by atoms with E-state index in [1.165, 1.54) is 24.5 Å². The number of halogens is 6. The van der Waals surface area contributed by atoms with Gasteiger partial charge < -0.3 is 0 Å². The highest BCUT2D eigenvalue weighted by molar-refractivity contribution is 7.99. The summed E-state index contributed by atoms with van der Waals surface area (Å²) in [7, 11) is -0.0786. The molecule has 0 aliphatic heterocycles. The molecule has 0 heterocycles. The third-order valence-corrected chi connectivity index (χ3v) is 12.7. The Labute approximate surface area is 325 Å². The first-order chi connectivity index (χ1) is 26.7. The van der Waals surface area contributed by atoms with Crippen molar-refractivity contribution >= 4 is 45.2 Å². The van der Waals surface area contributed by atoms with Crippen LogP contribution in [-0.4, -0.2) is 6.15 Å². The summed E-state index contributed by atoms with van der Waals surface area (Å²) in [6.07, 6.45) is -2.85. The van der Waals surface area contributed by atoms with Crippen LogP contribution in [0.25, 0.3) is 0 Å². The Bertz CT molecular complexity index is 2080. The summed E-state index contributed by atoms with van der Waals surface area (Å²) in [4.78, 5) is 6.58. The predicted octanol–water partition coefficient (Wildman–Crippen LogP) is 11.7. The summed E-state index contributed by atoms with van der Waals surface area (Å²) in [6.45, 7) is 1.76. The molecule has 55 heavy (non-hydrogen) atoms. The summed E-state index contributed by atoms with van der Waals surface area (Å²) in [5.41, 5.74) is -2.18. The van der Waals surface area contributed by atoms with Crippen molar-refractivity contribution in [2.45, 2.75) is 50.6 Å². The molecular weight excluding hydrogens is 741 g/mol. The zero-order valence-electron chi connectivity index (χ0n) is 29.9. The van der Waals surface area contributed by atoms with Gasteiger partial charge in [-0.1, -0.05) is 104 Å². The summed E-state index contributed by atoms with van der Waals surface area (Å²) < 4.78 is 89.7. The van der Waals surface area contributed by atoms with Crippen molar-refractivity contribution in [2.75, 3.05) is 0 Å². The molecule has 0 saturated carbocycles. The molecule has 0 aromatic heterocycles. The van der Waals surface area contributed by atoms with Gasteiger partial charge in [-0.15, -0.1) is 16.4 Å². The van der Waals surface area contributed by atoms with E-state index in [2.05, 4.69) is 115 Å². The molecule has 0 fully saturated rings. The van der Waals surface area contributed by atoms with Crippen molar-refractivity contribution in [1.29, 1.82) is 0 Å². The molecule has 0 amide bonds. The second-order valence-electron chi connectivity index (χ2n) is 12.9. The Balaban J connectivity index is 0.000000188. The van der Waals surface area contributed by atoms with Crippen LogP contribution >= 0.6 is 11.8 Å². The van der Waals surface area contributed by atoms with E-state index in [9.17, 15) is 26.3 Å². The highest BCUT2D eigenvalue weighted by atomic mass is 32.2. The van der Waals surface area contributed by atoms with Crippen LogP contribution in [0.15, 0.2) is 194 Å². The van der Waals surface area contributed by atoms with Crippen LogP contribution in [0.2, 0.25) is 6.32 Å². The summed E-state index contributed by atoms with van der Waals surface area (Å²) in [5, 5.41) is 0. The van der Waals surface area contributed by atoms with Crippen LogP contribution in [0.3, 0.4) is 0 Å². The normalized spacial score (nSPS) is 11.3. The SMILES string of the molecule is CCCC[B-](c1c(F)cccc1F)(c1c(F)cccc1F)c1c(F)cccc1F.c1ccc(Sc2ccc([S+](c3ccccc3)c3ccccc3)cc2)cc1. The van der Waals surface area contributed by atoms with Crippen molar-refractivity contribution in [3.8, 4) is 0 Å². The first-order valence-corrected chi connectivity index (χ1v) is 20.0. The number of unbranched alkanes of at least 4 members (excludes halogenated alkanes) is 1. The molecular formula is C46H37BF6S2. The van der Waals surface area contributed by atoms with Crippen LogP contribution in [0.5, 0.6) is 0 Å². The lowest BCUT2D eigenvalue weighted by molar-refractivity contribution is 0.585. The average Bonchev–Trinajstić information content (AvgIpc) is 3.19. The first-order valence-electron chi connectivity index (χ1n) is 17.9. The minimum Gasteiger partial charge on any atom is -0.210 e. The van der Waals surface area contributed by atoms with Crippen molar-refractivity contribution in [3.63, 3.8) is 0 Å². The third-order valence-electron chi connectivity index (χ3n) is 9.46. The van der Waals surface area contributed by atoms with E-state index in [4.69, 9.17) is 0 Å². The molecule has 0 saturated heterocycles. The third kappa shape index (κ3) is 8.90. The molecule has 0 spiro atoms. The van der Waals surface area contributed by atoms with Gasteiger partial charge in [-0.25, -0.2) is 26.3 Å². The van der Waals surface area contributed by atoms with Crippen molar-refractivity contribution < 1.29 is 26.3 Å². The van der Waals surface area contributed by atoms with Crippen molar-refractivity contribution in [3.05, 3.63) is 205 Å². The molecule has 0 radical (unpaired) electrons.